The van der Waals surface area contributed by atoms with E-state index in [1.54, 1.807) is 0 Å². The van der Waals surface area contributed by atoms with Crippen LogP contribution in [-0.4, -0.2) is 61.3 Å². The molecule has 0 saturated carbocycles. The minimum atomic E-state index is -1.90. The fraction of sp³-hybridized carbons (Fsp3) is 0.452. The van der Waals surface area contributed by atoms with Crippen LogP contribution in [0.2, 0.25) is 5.02 Å². The fourth-order valence-electron chi connectivity index (χ4n) is 6.21. The summed E-state index contributed by atoms with van der Waals surface area (Å²) >= 11 is 6.55. The van der Waals surface area contributed by atoms with E-state index in [1.807, 2.05) is 44.2 Å². The number of rotatable bonds is 9. The number of carbonyl (C=O) groups is 1. The number of aliphatic hydroxyl groups is 1. The molecule has 41 heavy (non-hydrogen) atoms. The summed E-state index contributed by atoms with van der Waals surface area (Å²) in [5.41, 5.74) is 5.77. The number of primary amides is 1. The van der Waals surface area contributed by atoms with Gasteiger partial charge in [-0.3, -0.25) is 4.79 Å². The maximum atomic E-state index is 16.1. The number of nitrogens with one attached hydrogen (secondary N) is 1. The van der Waals surface area contributed by atoms with Crippen LogP contribution in [0.15, 0.2) is 54.1 Å². The Morgan fingerprint density at radius 2 is 1.95 bits per heavy atom. The summed E-state index contributed by atoms with van der Waals surface area (Å²) in [5, 5.41) is 12.5. The van der Waals surface area contributed by atoms with E-state index in [9.17, 15) is 9.90 Å². The Kier molecular flexibility index (Phi) is 8.82. The van der Waals surface area contributed by atoms with Gasteiger partial charge in [0, 0.05) is 47.3 Å². The molecule has 0 radical (unpaired) electrons. The van der Waals surface area contributed by atoms with E-state index in [4.69, 9.17) is 31.5 Å². The summed E-state index contributed by atoms with van der Waals surface area (Å²) in [7, 11) is 0. The second kappa shape index (κ2) is 12.2. The van der Waals surface area contributed by atoms with Gasteiger partial charge in [0.1, 0.15) is 17.7 Å². The summed E-state index contributed by atoms with van der Waals surface area (Å²) < 4.78 is 49.4. The fourth-order valence-corrected chi connectivity index (χ4v) is 6.48. The molecule has 2 aliphatic heterocycles. The Morgan fingerprint density at radius 1 is 1.24 bits per heavy atom. The van der Waals surface area contributed by atoms with Gasteiger partial charge >= 0.3 is 0 Å². The number of aliphatic hydroxyl groups excluding tert-OH is 1. The molecule has 0 spiro atoms. The number of amides is 1. The van der Waals surface area contributed by atoms with Crippen molar-refractivity contribution in [1.82, 2.24) is 5.32 Å². The molecule has 1 fully saturated rings. The monoisotopic (exact) mass is 588 g/mol. The third kappa shape index (κ3) is 5.92. The number of fused-ring (bicyclic) bond motifs is 1. The zero-order valence-corrected chi connectivity index (χ0v) is 23.8. The van der Waals surface area contributed by atoms with Crippen LogP contribution >= 0.6 is 11.6 Å². The number of halogens is 3. The molecule has 1 saturated heterocycles. The molecule has 5 rings (SSSR count). The average Bonchev–Trinajstić information content (AvgIpc) is 3.31. The van der Waals surface area contributed by atoms with Crippen molar-refractivity contribution in [2.24, 2.45) is 5.73 Å². The maximum Gasteiger partial charge on any atom is 0.249 e. The number of alkyl halides is 1. The van der Waals surface area contributed by atoms with Gasteiger partial charge in [-0.2, -0.15) is 0 Å². The first-order valence-electron chi connectivity index (χ1n) is 13.9. The standard InChI is InChI=1S/C31H35ClF2N2O5/c1-17-12-20(13-18(2)40-17)36-16-31(19-6-4-3-5-7-19)15-22-25(41-31)14-23(33)28(32)26(22)27-21(30(35)38)8-9-24(29(27)34)39-11-10-37/h3-9,14,17-18,20,24,29,36-37H,10-13,15-16H2,1-2H3,(H2,35,38)/t17-,18+,20+,24?,29?,31-/m1/s1. The number of carbonyl (C=O) groups excluding carboxylic acids is 1. The molecular formula is C31H35ClF2N2O5. The number of hydrogen-bond acceptors (Lipinski definition) is 6. The molecule has 4 N–H and O–H groups in total. The van der Waals surface area contributed by atoms with Gasteiger partial charge in [0.25, 0.3) is 0 Å². The molecule has 2 aromatic rings. The first kappa shape index (κ1) is 29.7. The molecule has 2 aromatic carbocycles. The highest BCUT2D eigenvalue weighted by Gasteiger charge is 2.46. The van der Waals surface area contributed by atoms with Crippen LogP contribution < -0.4 is 15.8 Å². The zero-order valence-electron chi connectivity index (χ0n) is 23.0. The second-order valence-corrected chi connectivity index (χ2v) is 11.4. The lowest BCUT2D eigenvalue weighted by Gasteiger charge is -2.36. The predicted molar refractivity (Wildman–Crippen MR) is 152 cm³/mol. The zero-order chi connectivity index (χ0) is 29.3. The molecule has 6 atom stereocenters. The lowest BCUT2D eigenvalue weighted by molar-refractivity contribution is -0.114. The van der Waals surface area contributed by atoms with E-state index in [1.165, 1.54) is 18.2 Å². The van der Waals surface area contributed by atoms with Crippen molar-refractivity contribution in [3.8, 4) is 5.75 Å². The van der Waals surface area contributed by atoms with E-state index in [-0.39, 0.29) is 65.4 Å². The van der Waals surface area contributed by atoms with E-state index < -0.39 is 29.6 Å². The molecule has 1 aliphatic carbocycles. The summed E-state index contributed by atoms with van der Waals surface area (Å²) in [6.07, 6.45) is 1.79. The van der Waals surface area contributed by atoms with Crippen molar-refractivity contribution in [2.45, 2.75) is 69.2 Å². The van der Waals surface area contributed by atoms with Crippen LogP contribution in [-0.2, 0) is 26.3 Å². The summed E-state index contributed by atoms with van der Waals surface area (Å²) in [4.78, 5) is 12.5. The highest BCUT2D eigenvalue weighted by Crippen LogP contribution is 2.49. The van der Waals surface area contributed by atoms with Gasteiger partial charge in [-0.25, -0.2) is 8.78 Å². The molecule has 7 nitrogen and oxygen atoms in total. The quantitative estimate of drug-likeness (QED) is 0.402. The Bertz CT molecular complexity index is 1340. The van der Waals surface area contributed by atoms with Gasteiger partial charge in [-0.05, 0) is 32.3 Å². The highest BCUT2D eigenvalue weighted by molar-refractivity contribution is 6.33. The van der Waals surface area contributed by atoms with Gasteiger partial charge < -0.3 is 30.4 Å². The highest BCUT2D eigenvalue weighted by atomic mass is 35.5. The third-order valence-electron chi connectivity index (χ3n) is 7.97. The summed E-state index contributed by atoms with van der Waals surface area (Å²) in [6.45, 7) is 4.03. The predicted octanol–water partition coefficient (Wildman–Crippen LogP) is 4.38. The van der Waals surface area contributed by atoms with E-state index in [2.05, 4.69) is 5.32 Å². The van der Waals surface area contributed by atoms with Crippen molar-refractivity contribution >= 4 is 23.1 Å². The molecule has 1 amide bonds. The third-order valence-corrected chi connectivity index (χ3v) is 8.34. The van der Waals surface area contributed by atoms with Crippen molar-refractivity contribution in [2.75, 3.05) is 19.8 Å². The lowest BCUT2D eigenvalue weighted by atomic mass is 9.82. The number of nitrogens with two attached hydrogens (primary N) is 1. The average molecular weight is 589 g/mol. The normalized spacial score (nSPS) is 29.4. The summed E-state index contributed by atoms with van der Waals surface area (Å²) in [5.74, 6) is -1.48. The van der Waals surface area contributed by atoms with Crippen molar-refractivity contribution in [3.05, 3.63) is 81.7 Å². The molecule has 220 valence electrons. The number of ether oxygens (including phenoxy) is 3. The molecule has 2 unspecified atom stereocenters. The largest absolute Gasteiger partial charge is 0.480 e. The van der Waals surface area contributed by atoms with Crippen molar-refractivity contribution in [3.63, 3.8) is 0 Å². The summed E-state index contributed by atoms with van der Waals surface area (Å²) in [6, 6.07) is 11.0. The van der Waals surface area contributed by atoms with Gasteiger partial charge in [0.15, 0.2) is 11.8 Å². The Morgan fingerprint density at radius 3 is 2.61 bits per heavy atom. The van der Waals surface area contributed by atoms with Crippen molar-refractivity contribution in [1.29, 1.82) is 0 Å². The van der Waals surface area contributed by atoms with Gasteiger partial charge in [-0.1, -0.05) is 54.1 Å². The van der Waals surface area contributed by atoms with E-state index in [0.29, 0.717) is 12.1 Å². The molecule has 0 aromatic heterocycles. The number of hydrogen-bond donors (Lipinski definition) is 3. The van der Waals surface area contributed by atoms with Crippen LogP contribution in [0.3, 0.4) is 0 Å². The van der Waals surface area contributed by atoms with Gasteiger partial charge in [0.2, 0.25) is 5.91 Å². The Labute approximate surface area is 243 Å². The van der Waals surface area contributed by atoms with Crippen LogP contribution in [0.4, 0.5) is 8.78 Å². The molecule has 0 bridgehead atoms. The Hall–Kier alpha value is -2.82. The van der Waals surface area contributed by atoms with Crippen LogP contribution in [0, 0.1) is 5.82 Å². The minimum absolute atomic E-state index is 0.0380. The molecular weight excluding hydrogens is 554 g/mol. The minimum Gasteiger partial charge on any atom is -0.480 e. The van der Waals surface area contributed by atoms with Crippen LogP contribution in [0.25, 0.3) is 5.57 Å². The van der Waals surface area contributed by atoms with Crippen LogP contribution in [0.1, 0.15) is 43.4 Å². The van der Waals surface area contributed by atoms with Crippen LogP contribution in [0.5, 0.6) is 5.75 Å². The van der Waals surface area contributed by atoms with E-state index >= 15 is 8.78 Å². The molecule has 10 heteroatoms. The van der Waals surface area contributed by atoms with Gasteiger partial charge in [-0.15, -0.1) is 0 Å². The molecule has 2 heterocycles. The first-order valence-corrected chi connectivity index (χ1v) is 14.2. The SMILES string of the molecule is C[C@@H]1C[C@H](NC[C@@]2(c3ccccc3)Cc3c(cc(F)c(Cl)c3C3=C(C(N)=O)C=CC(OCCO)C3F)O2)C[C@H](C)O1. The van der Waals surface area contributed by atoms with E-state index in [0.717, 1.165) is 18.4 Å². The first-order chi connectivity index (χ1) is 19.6. The Balaban J connectivity index is 1.58. The number of benzene rings is 2. The van der Waals surface area contributed by atoms with Gasteiger partial charge in [0.05, 0.1) is 30.4 Å². The molecule has 3 aliphatic rings. The lowest BCUT2D eigenvalue weighted by Crippen LogP contribution is -2.49. The second-order valence-electron chi connectivity index (χ2n) is 11.0. The van der Waals surface area contributed by atoms with Crippen molar-refractivity contribution < 1.29 is 32.9 Å². The maximum absolute atomic E-state index is 16.1. The smallest absolute Gasteiger partial charge is 0.249 e. The topological polar surface area (TPSA) is 103 Å².